The molecule has 1 aliphatic heterocycles. The minimum absolute atomic E-state index is 0.329. The number of benzene rings is 1. The van der Waals surface area contributed by atoms with E-state index in [1.165, 1.54) is 37.7 Å². The van der Waals surface area contributed by atoms with Crippen LogP contribution in [0.2, 0.25) is 0 Å². The van der Waals surface area contributed by atoms with Gasteiger partial charge in [0.15, 0.2) is 0 Å². The molecule has 0 amide bonds. The summed E-state index contributed by atoms with van der Waals surface area (Å²) in [4.78, 5) is 0. The fourth-order valence-corrected chi connectivity index (χ4v) is 4.40. The van der Waals surface area contributed by atoms with Gasteiger partial charge in [-0.25, -0.2) is 0 Å². The van der Waals surface area contributed by atoms with E-state index in [-0.39, 0.29) is 0 Å². The second-order valence-corrected chi connectivity index (χ2v) is 6.39. The smallest absolute Gasteiger partial charge is 0.0510 e. The van der Waals surface area contributed by atoms with Crippen molar-refractivity contribution >= 4 is 0 Å². The summed E-state index contributed by atoms with van der Waals surface area (Å²) in [6.07, 6.45) is 6.59. The molecule has 0 aromatic heterocycles. The molecule has 2 fully saturated rings. The summed E-state index contributed by atoms with van der Waals surface area (Å²) in [5.41, 5.74) is 1.87. The normalized spacial score (nSPS) is 26.8. The molecule has 2 unspecified atom stereocenters. The lowest BCUT2D eigenvalue weighted by atomic mass is 9.68. The van der Waals surface area contributed by atoms with Gasteiger partial charge in [-0.3, -0.25) is 0 Å². The van der Waals surface area contributed by atoms with Crippen LogP contribution in [0.25, 0.3) is 0 Å². The van der Waals surface area contributed by atoms with Crippen LogP contribution in [0.1, 0.15) is 44.6 Å². The maximum atomic E-state index is 5.68. The minimum Gasteiger partial charge on any atom is -0.381 e. The topological polar surface area (TPSA) is 21.3 Å². The van der Waals surface area contributed by atoms with E-state index in [0.717, 1.165) is 19.8 Å². The fourth-order valence-electron chi connectivity index (χ4n) is 4.40. The lowest BCUT2D eigenvalue weighted by molar-refractivity contribution is 0.155. The van der Waals surface area contributed by atoms with E-state index >= 15 is 0 Å². The molecule has 110 valence electrons. The van der Waals surface area contributed by atoms with E-state index in [4.69, 9.17) is 4.74 Å². The standard InChI is InChI=1S/C18H27NO/c1-2-19-17(15-10-13-20-14-15)18(11-6-7-12-18)16-8-4-3-5-9-16/h3-5,8-9,15,17,19H,2,6-7,10-14H2,1H3. The predicted molar refractivity (Wildman–Crippen MR) is 83.0 cm³/mol. The summed E-state index contributed by atoms with van der Waals surface area (Å²) in [5.74, 6) is 0.674. The molecule has 2 heteroatoms. The number of likely N-dealkylation sites (N-methyl/N-ethyl adjacent to an activating group) is 1. The molecular formula is C18H27NO. The van der Waals surface area contributed by atoms with Gasteiger partial charge >= 0.3 is 0 Å². The Kier molecular flexibility index (Phi) is 4.42. The molecule has 0 bridgehead atoms. The van der Waals surface area contributed by atoms with Gasteiger partial charge in [0.25, 0.3) is 0 Å². The predicted octanol–water partition coefficient (Wildman–Crippen LogP) is 3.51. The Morgan fingerprint density at radius 1 is 1.25 bits per heavy atom. The lowest BCUT2D eigenvalue weighted by Crippen LogP contribution is -2.51. The molecule has 2 aliphatic rings. The Balaban J connectivity index is 1.94. The van der Waals surface area contributed by atoms with Crippen LogP contribution in [0.5, 0.6) is 0 Å². The molecule has 0 spiro atoms. The average molecular weight is 273 g/mol. The van der Waals surface area contributed by atoms with Crippen LogP contribution in [-0.2, 0) is 10.2 Å². The van der Waals surface area contributed by atoms with Crippen molar-refractivity contribution < 1.29 is 4.74 Å². The first-order valence-electron chi connectivity index (χ1n) is 8.23. The van der Waals surface area contributed by atoms with Crippen LogP contribution in [0, 0.1) is 5.92 Å². The van der Waals surface area contributed by atoms with E-state index in [1.807, 2.05) is 0 Å². The molecular weight excluding hydrogens is 246 g/mol. The Morgan fingerprint density at radius 2 is 2.00 bits per heavy atom. The first-order valence-corrected chi connectivity index (χ1v) is 8.23. The zero-order valence-corrected chi connectivity index (χ0v) is 12.6. The zero-order valence-electron chi connectivity index (χ0n) is 12.6. The molecule has 1 saturated carbocycles. The van der Waals surface area contributed by atoms with Gasteiger partial charge in [0.1, 0.15) is 0 Å². The second-order valence-electron chi connectivity index (χ2n) is 6.39. The van der Waals surface area contributed by atoms with Gasteiger partial charge in [0, 0.05) is 24.0 Å². The highest BCUT2D eigenvalue weighted by atomic mass is 16.5. The van der Waals surface area contributed by atoms with E-state index < -0.39 is 0 Å². The monoisotopic (exact) mass is 273 g/mol. The molecule has 1 aromatic carbocycles. The van der Waals surface area contributed by atoms with Crippen molar-refractivity contribution in [3.63, 3.8) is 0 Å². The van der Waals surface area contributed by atoms with Gasteiger partial charge in [0.2, 0.25) is 0 Å². The van der Waals surface area contributed by atoms with Crippen LogP contribution >= 0.6 is 0 Å². The third-order valence-electron chi connectivity index (χ3n) is 5.30. The number of hydrogen-bond acceptors (Lipinski definition) is 2. The summed E-state index contributed by atoms with van der Waals surface area (Å²) < 4.78 is 5.68. The third-order valence-corrected chi connectivity index (χ3v) is 5.30. The largest absolute Gasteiger partial charge is 0.381 e. The molecule has 2 atom stereocenters. The Hall–Kier alpha value is -0.860. The quantitative estimate of drug-likeness (QED) is 0.886. The Bertz CT molecular complexity index is 405. The Labute approximate surface area is 122 Å². The zero-order chi connectivity index (χ0) is 13.8. The van der Waals surface area contributed by atoms with Crippen molar-refractivity contribution in [2.24, 2.45) is 5.92 Å². The fraction of sp³-hybridized carbons (Fsp3) is 0.667. The van der Waals surface area contributed by atoms with Gasteiger partial charge in [-0.2, -0.15) is 0 Å². The van der Waals surface area contributed by atoms with E-state index in [0.29, 0.717) is 17.4 Å². The molecule has 20 heavy (non-hydrogen) atoms. The molecule has 0 radical (unpaired) electrons. The second kappa shape index (κ2) is 6.28. The number of rotatable bonds is 5. The number of nitrogens with one attached hydrogen (secondary N) is 1. The maximum Gasteiger partial charge on any atom is 0.0510 e. The molecule has 1 heterocycles. The molecule has 1 aromatic rings. The molecule has 1 N–H and O–H groups in total. The van der Waals surface area contributed by atoms with E-state index in [9.17, 15) is 0 Å². The summed E-state index contributed by atoms with van der Waals surface area (Å²) >= 11 is 0. The van der Waals surface area contributed by atoms with Gasteiger partial charge < -0.3 is 10.1 Å². The van der Waals surface area contributed by atoms with Crippen LogP contribution in [0.3, 0.4) is 0 Å². The van der Waals surface area contributed by atoms with Crippen LogP contribution < -0.4 is 5.32 Å². The highest BCUT2D eigenvalue weighted by Crippen LogP contribution is 2.46. The maximum absolute atomic E-state index is 5.68. The van der Waals surface area contributed by atoms with Gasteiger partial charge in [0.05, 0.1) is 6.61 Å². The summed E-state index contributed by atoms with van der Waals surface area (Å²) in [5, 5.41) is 3.83. The van der Waals surface area contributed by atoms with E-state index in [1.54, 1.807) is 0 Å². The molecule has 1 saturated heterocycles. The molecule has 2 nitrogen and oxygen atoms in total. The van der Waals surface area contributed by atoms with Crippen LogP contribution in [-0.4, -0.2) is 25.8 Å². The number of ether oxygens (including phenoxy) is 1. The summed E-state index contributed by atoms with van der Waals surface area (Å²) in [6, 6.07) is 11.8. The van der Waals surface area contributed by atoms with Crippen molar-refractivity contribution in [2.75, 3.05) is 19.8 Å². The summed E-state index contributed by atoms with van der Waals surface area (Å²) in [6.45, 7) is 5.16. The van der Waals surface area contributed by atoms with Crippen molar-refractivity contribution in [1.29, 1.82) is 0 Å². The summed E-state index contributed by atoms with van der Waals surface area (Å²) in [7, 11) is 0. The van der Waals surface area contributed by atoms with Crippen molar-refractivity contribution in [1.82, 2.24) is 5.32 Å². The van der Waals surface area contributed by atoms with Crippen LogP contribution in [0.15, 0.2) is 30.3 Å². The number of hydrogen-bond donors (Lipinski definition) is 1. The van der Waals surface area contributed by atoms with Gasteiger partial charge in [-0.15, -0.1) is 0 Å². The highest BCUT2D eigenvalue weighted by Gasteiger charge is 2.46. The first-order chi connectivity index (χ1) is 9.87. The lowest BCUT2D eigenvalue weighted by Gasteiger charge is -2.42. The van der Waals surface area contributed by atoms with Crippen molar-refractivity contribution in [2.45, 2.75) is 50.5 Å². The Morgan fingerprint density at radius 3 is 2.60 bits per heavy atom. The highest BCUT2D eigenvalue weighted by molar-refractivity contribution is 5.30. The third kappa shape index (κ3) is 2.51. The molecule has 1 aliphatic carbocycles. The van der Waals surface area contributed by atoms with Gasteiger partial charge in [-0.1, -0.05) is 50.1 Å². The average Bonchev–Trinajstić information content (AvgIpc) is 3.18. The van der Waals surface area contributed by atoms with Gasteiger partial charge in [-0.05, 0) is 31.4 Å². The van der Waals surface area contributed by atoms with E-state index in [2.05, 4.69) is 42.6 Å². The minimum atomic E-state index is 0.329. The molecule has 3 rings (SSSR count). The van der Waals surface area contributed by atoms with Crippen molar-refractivity contribution in [3.05, 3.63) is 35.9 Å². The first kappa shape index (κ1) is 14.1. The SMILES string of the molecule is CCNC(C1CCOC1)C1(c2ccccc2)CCCC1. The van der Waals surface area contributed by atoms with Crippen molar-refractivity contribution in [3.8, 4) is 0 Å². The van der Waals surface area contributed by atoms with Crippen LogP contribution in [0.4, 0.5) is 0 Å².